The Kier molecular flexibility index (Phi) is 3.47. The van der Waals surface area contributed by atoms with Crippen molar-refractivity contribution in [1.29, 1.82) is 0 Å². The first-order valence-corrected chi connectivity index (χ1v) is 7.01. The van der Waals surface area contributed by atoms with Gasteiger partial charge in [0, 0.05) is 11.7 Å². The summed E-state index contributed by atoms with van der Waals surface area (Å²) in [5.41, 5.74) is 7.71. The lowest BCUT2D eigenvalue weighted by atomic mass is 9.89. The van der Waals surface area contributed by atoms with Gasteiger partial charge in [-0.1, -0.05) is 30.3 Å². The van der Waals surface area contributed by atoms with Gasteiger partial charge in [-0.3, -0.25) is 4.79 Å². The van der Waals surface area contributed by atoms with E-state index in [9.17, 15) is 9.18 Å². The predicted octanol–water partition coefficient (Wildman–Crippen LogP) is 2.74. The van der Waals surface area contributed by atoms with E-state index in [1.807, 2.05) is 37.3 Å². The number of rotatable bonds is 2. The van der Waals surface area contributed by atoms with E-state index in [0.717, 1.165) is 11.3 Å². The quantitative estimate of drug-likeness (QED) is 0.921. The summed E-state index contributed by atoms with van der Waals surface area (Å²) < 4.78 is 14.1. The summed E-state index contributed by atoms with van der Waals surface area (Å²) in [4.78, 5) is 14.4. The van der Waals surface area contributed by atoms with E-state index in [1.54, 1.807) is 17.0 Å². The maximum Gasteiger partial charge on any atom is 0.261 e. The third-order valence-corrected chi connectivity index (χ3v) is 3.93. The highest BCUT2D eigenvalue weighted by molar-refractivity contribution is 6.09. The zero-order valence-electron chi connectivity index (χ0n) is 11.8. The zero-order chi connectivity index (χ0) is 15.0. The second kappa shape index (κ2) is 5.30. The molecule has 4 heteroatoms. The Balaban J connectivity index is 2.14. The van der Waals surface area contributed by atoms with Crippen molar-refractivity contribution in [3.8, 4) is 0 Å². The number of carbonyl (C=O) groups is 1. The predicted molar refractivity (Wildman–Crippen MR) is 80.8 cm³/mol. The highest BCUT2D eigenvalue weighted by Crippen LogP contribution is 2.30. The lowest BCUT2D eigenvalue weighted by Gasteiger charge is -2.38. The Hall–Kier alpha value is -2.20. The fraction of sp³-hybridized carbons (Fsp3) is 0.235. The minimum absolute atomic E-state index is 0.165. The van der Waals surface area contributed by atoms with Gasteiger partial charge in [0.25, 0.3) is 5.91 Å². The monoisotopic (exact) mass is 284 g/mol. The summed E-state index contributed by atoms with van der Waals surface area (Å²) in [5.74, 6) is -0.788. The van der Waals surface area contributed by atoms with Crippen molar-refractivity contribution in [2.24, 2.45) is 5.73 Å². The molecule has 2 N–H and O–H groups in total. The van der Waals surface area contributed by atoms with Crippen molar-refractivity contribution >= 4 is 11.6 Å². The van der Waals surface area contributed by atoms with Gasteiger partial charge in [0.1, 0.15) is 5.82 Å². The van der Waals surface area contributed by atoms with Crippen LogP contribution in [0.25, 0.3) is 0 Å². The van der Waals surface area contributed by atoms with Gasteiger partial charge in [-0.2, -0.15) is 0 Å². The molecule has 1 heterocycles. The number of nitrogens with two attached hydrogens (primary N) is 1. The number of fused-ring (bicyclic) bond motifs is 1. The highest BCUT2D eigenvalue weighted by atomic mass is 19.1. The molecule has 1 aliphatic heterocycles. The van der Waals surface area contributed by atoms with Gasteiger partial charge >= 0.3 is 0 Å². The van der Waals surface area contributed by atoms with E-state index < -0.39 is 5.82 Å². The molecule has 108 valence electrons. The molecule has 0 aliphatic carbocycles. The fourth-order valence-corrected chi connectivity index (χ4v) is 2.88. The normalized spacial score (nSPS) is 19.3. The first-order chi connectivity index (χ1) is 10.1. The number of amides is 1. The van der Waals surface area contributed by atoms with Gasteiger partial charge in [0.15, 0.2) is 0 Å². The summed E-state index contributed by atoms with van der Waals surface area (Å²) in [6.07, 6.45) is 0.561. The Morgan fingerprint density at radius 3 is 2.57 bits per heavy atom. The number of nitrogens with zero attached hydrogens (tertiary/aromatic N) is 1. The summed E-state index contributed by atoms with van der Waals surface area (Å²) in [7, 11) is 0. The van der Waals surface area contributed by atoms with Crippen LogP contribution < -0.4 is 10.6 Å². The van der Waals surface area contributed by atoms with Crippen LogP contribution in [0.3, 0.4) is 0 Å². The molecular formula is C17H17FN2O. The fourth-order valence-electron chi connectivity index (χ4n) is 2.88. The lowest BCUT2D eigenvalue weighted by Crippen LogP contribution is -2.54. The van der Waals surface area contributed by atoms with Crippen LogP contribution in [0.15, 0.2) is 48.5 Å². The SMILES string of the molecule is CC(N)C1Cc2cccc(F)c2C(=O)N1c1ccccc1. The zero-order valence-corrected chi connectivity index (χ0v) is 11.8. The Bertz CT molecular complexity index is 670. The van der Waals surface area contributed by atoms with Crippen molar-refractivity contribution in [2.45, 2.75) is 25.4 Å². The van der Waals surface area contributed by atoms with Crippen molar-refractivity contribution in [2.75, 3.05) is 4.90 Å². The molecule has 0 radical (unpaired) electrons. The average Bonchev–Trinajstić information content (AvgIpc) is 2.47. The van der Waals surface area contributed by atoms with Crippen LogP contribution >= 0.6 is 0 Å². The van der Waals surface area contributed by atoms with Crippen molar-refractivity contribution in [3.05, 3.63) is 65.5 Å². The van der Waals surface area contributed by atoms with Crippen LogP contribution in [0.1, 0.15) is 22.8 Å². The van der Waals surface area contributed by atoms with Crippen molar-refractivity contribution < 1.29 is 9.18 Å². The topological polar surface area (TPSA) is 46.3 Å². The second-order valence-corrected chi connectivity index (χ2v) is 5.42. The minimum atomic E-state index is -0.471. The van der Waals surface area contributed by atoms with E-state index in [4.69, 9.17) is 5.73 Å². The number of para-hydroxylation sites is 1. The van der Waals surface area contributed by atoms with E-state index in [2.05, 4.69) is 0 Å². The molecule has 0 aromatic heterocycles. The molecule has 2 atom stereocenters. The van der Waals surface area contributed by atoms with Gasteiger partial charge in [0.05, 0.1) is 11.6 Å². The highest BCUT2D eigenvalue weighted by Gasteiger charge is 2.36. The number of halogens is 1. The van der Waals surface area contributed by atoms with E-state index in [0.29, 0.717) is 6.42 Å². The number of carbonyl (C=O) groups excluding carboxylic acids is 1. The van der Waals surface area contributed by atoms with Gasteiger partial charge in [-0.05, 0) is 37.1 Å². The minimum Gasteiger partial charge on any atom is -0.326 e. The van der Waals surface area contributed by atoms with Gasteiger partial charge in [-0.25, -0.2) is 4.39 Å². The lowest BCUT2D eigenvalue weighted by molar-refractivity contribution is 0.0959. The van der Waals surface area contributed by atoms with Crippen LogP contribution in [0, 0.1) is 5.82 Å². The molecule has 2 aromatic carbocycles. The summed E-state index contributed by atoms with van der Waals surface area (Å²) in [6, 6.07) is 13.7. The third-order valence-electron chi connectivity index (χ3n) is 3.93. The molecule has 2 aromatic rings. The molecule has 21 heavy (non-hydrogen) atoms. The molecular weight excluding hydrogens is 267 g/mol. The maximum atomic E-state index is 14.1. The van der Waals surface area contributed by atoms with Crippen molar-refractivity contribution in [1.82, 2.24) is 0 Å². The smallest absolute Gasteiger partial charge is 0.261 e. The Morgan fingerprint density at radius 1 is 1.19 bits per heavy atom. The molecule has 0 fully saturated rings. The molecule has 3 nitrogen and oxygen atoms in total. The summed E-state index contributed by atoms with van der Waals surface area (Å²) in [6.45, 7) is 1.87. The van der Waals surface area contributed by atoms with E-state index >= 15 is 0 Å². The molecule has 0 saturated carbocycles. The molecule has 0 spiro atoms. The first-order valence-electron chi connectivity index (χ1n) is 7.01. The first kappa shape index (κ1) is 13.8. The molecule has 0 bridgehead atoms. The van der Waals surface area contributed by atoms with Crippen LogP contribution in [-0.2, 0) is 6.42 Å². The molecule has 3 rings (SSSR count). The van der Waals surface area contributed by atoms with Gasteiger partial charge < -0.3 is 10.6 Å². The summed E-state index contributed by atoms with van der Waals surface area (Å²) >= 11 is 0. The van der Waals surface area contributed by atoms with Gasteiger partial charge in [0.2, 0.25) is 0 Å². The standard InChI is InChI=1S/C17H17FN2O/c1-11(19)15-10-12-6-5-9-14(18)16(12)17(21)20(15)13-7-3-2-4-8-13/h2-9,11,15H,10,19H2,1H3. The maximum absolute atomic E-state index is 14.1. The van der Waals surface area contributed by atoms with Crippen molar-refractivity contribution in [3.63, 3.8) is 0 Å². The largest absolute Gasteiger partial charge is 0.326 e. The summed E-state index contributed by atoms with van der Waals surface area (Å²) in [5, 5.41) is 0. The molecule has 1 amide bonds. The number of benzene rings is 2. The van der Waals surface area contributed by atoms with Crippen LogP contribution in [0.5, 0.6) is 0 Å². The second-order valence-electron chi connectivity index (χ2n) is 5.42. The van der Waals surface area contributed by atoms with Crippen LogP contribution in [-0.4, -0.2) is 18.0 Å². The number of hydrogen-bond acceptors (Lipinski definition) is 2. The molecule has 2 unspecified atom stereocenters. The number of hydrogen-bond donors (Lipinski definition) is 1. The van der Waals surface area contributed by atoms with E-state index in [-0.39, 0.29) is 23.6 Å². The number of anilines is 1. The van der Waals surface area contributed by atoms with Gasteiger partial charge in [-0.15, -0.1) is 0 Å². The Labute approximate surface area is 123 Å². The molecule has 0 saturated heterocycles. The van der Waals surface area contributed by atoms with Crippen LogP contribution in [0.2, 0.25) is 0 Å². The molecule has 1 aliphatic rings. The van der Waals surface area contributed by atoms with E-state index in [1.165, 1.54) is 6.07 Å². The van der Waals surface area contributed by atoms with Crippen LogP contribution in [0.4, 0.5) is 10.1 Å². The average molecular weight is 284 g/mol. The third kappa shape index (κ3) is 2.32. The Morgan fingerprint density at radius 2 is 1.90 bits per heavy atom.